The van der Waals surface area contributed by atoms with E-state index >= 15 is 0 Å². The highest BCUT2D eigenvalue weighted by molar-refractivity contribution is 5.44. The number of fused-ring (bicyclic) bond motifs is 1. The van der Waals surface area contributed by atoms with Crippen LogP contribution in [0, 0.1) is 5.82 Å². The minimum Gasteiger partial charge on any atom is -0.486 e. The van der Waals surface area contributed by atoms with E-state index in [1.807, 2.05) is 25.1 Å². The molecule has 122 valence electrons. The largest absolute Gasteiger partial charge is 0.486 e. The lowest BCUT2D eigenvalue weighted by atomic mass is 10.1. The molecule has 0 fully saturated rings. The molecule has 0 bridgehead atoms. The summed E-state index contributed by atoms with van der Waals surface area (Å²) in [6.07, 6.45) is -0.685. The fourth-order valence-corrected chi connectivity index (χ4v) is 2.54. The molecular weight excluding hydrogens is 297 g/mol. The number of ether oxygens (including phenoxy) is 2. The molecule has 23 heavy (non-hydrogen) atoms. The van der Waals surface area contributed by atoms with Crippen molar-refractivity contribution in [1.29, 1.82) is 0 Å². The van der Waals surface area contributed by atoms with Crippen molar-refractivity contribution in [3.05, 3.63) is 59.4 Å². The van der Waals surface area contributed by atoms with Crippen molar-refractivity contribution in [2.45, 2.75) is 19.1 Å². The minimum absolute atomic E-state index is 0.0425. The van der Waals surface area contributed by atoms with Gasteiger partial charge in [0, 0.05) is 12.6 Å². The minimum atomic E-state index is -0.685. The maximum atomic E-state index is 12.9. The van der Waals surface area contributed by atoms with Crippen LogP contribution in [0.4, 0.5) is 4.39 Å². The third-order valence-electron chi connectivity index (χ3n) is 3.94. The van der Waals surface area contributed by atoms with E-state index in [4.69, 9.17) is 9.47 Å². The highest BCUT2D eigenvalue weighted by Crippen LogP contribution is 2.32. The molecule has 2 aromatic carbocycles. The van der Waals surface area contributed by atoms with Gasteiger partial charge in [-0.05, 0) is 42.3 Å². The second-order valence-corrected chi connectivity index (χ2v) is 5.60. The Labute approximate surface area is 134 Å². The van der Waals surface area contributed by atoms with E-state index in [0.717, 1.165) is 17.1 Å². The quantitative estimate of drug-likeness (QED) is 0.890. The van der Waals surface area contributed by atoms with Gasteiger partial charge in [0.05, 0.1) is 6.10 Å². The third-order valence-corrected chi connectivity index (χ3v) is 3.94. The van der Waals surface area contributed by atoms with Crippen molar-refractivity contribution in [3.8, 4) is 11.5 Å². The second-order valence-electron chi connectivity index (χ2n) is 5.60. The van der Waals surface area contributed by atoms with Gasteiger partial charge in [-0.2, -0.15) is 0 Å². The summed E-state index contributed by atoms with van der Waals surface area (Å²) < 4.78 is 24.0. The van der Waals surface area contributed by atoms with E-state index in [1.54, 1.807) is 12.1 Å². The van der Waals surface area contributed by atoms with Crippen LogP contribution in [0.2, 0.25) is 0 Å². The fourth-order valence-electron chi connectivity index (χ4n) is 2.54. The molecule has 3 rings (SSSR count). The van der Waals surface area contributed by atoms with Crippen molar-refractivity contribution in [2.75, 3.05) is 19.8 Å². The maximum Gasteiger partial charge on any atom is 0.161 e. The van der Waals surface area contributed by atoms with E-state index < -0.39 is 6.10 Å². The predicted octanol–water partition coefficient (Wildman–Crippen LogP) is 2.98. The molecule has 2 N–H and O–H groups in total. The van der Waals surface area contributed by atoms with Crippen LogP contribution >= 0.6 is 0 Å². The first-order valence-corrected chi connectivity index (χ1v) is 7.70. The summed E-state index contributed by atoms with van der Waals surface area (Å²) in [4.78, 5) is 0. The highest BCUT2D eigenvalue weighted by atomic mass is 19.1. The van der Waals surface area contributed by atoms with Crippen LogP contribution in [-0.4, -0.2) is 24.9 Å². The number of benzene rings is 2. The SMILES string of the molecule is CC(NCC(O)c1ccc(F)cc1)c1ccc2c(c1)OCCO2. The van der Waals surface area contributed by atoms with Crippen molar-refractivity contribution < 1.29 is 19.0 Å². The first-order chi connectivity index (χ1) is 11.1. The third kappa shape index (κ3) is 3.81. The van der Waals surface area contributed by atoms with Gasteiger partial charge in [-0.15, -0.1) is 0 Å². The van der Waals surface area contributed by atoms with Crippen LogP contribution in [0.5, 0.6) is 11.5 Å². The molecule has 4 nitrogen and oxygen atoms in total. The number of hydrogen-bond donors (Lipinski definition) is 2. The van der Waals surface area contributed by atoms with E-state index in [1.165, 1.54) is 12.1 Å². The molecule has 2 atom stereocenters. The predicted molar refractivity (Wildman–Crippen MR) is 85.2 cm³/mol. The molecule has 1 heterocycles. The van der Waals surface area contributed by atoms with Gasteiger partial charge >= 0.3 is 0 Å². The summed E-state index contributed by atoms with van der Waals surface area (Å²) in [5, 5.41) is 13.4. The van der Waals surface area contributed by atoms with Crippen molar-refractivity contribution in [2.24, 2.45) is 0 Å². The highest BCUT2D eigenvalue weighted by Gasteiger charge is 2.15. The Kier molecular flexibility index (Phi) is 4.79. The number of rotatable bonds is 5. The van der Waals surface area contributed by atoms with Gasteiger partial charge in [0.15, 0.2) is 11.5 Å². The van der Waals surface area contributed by atoms with E-state index in [2.05, 4.69) is 5.32 Å². The second kappa shape index (κ2) is 6.98. The average molecular weight is 317 g/mol. The molecule has 1 aliphatic rings. The van der Waals surface area contributed by atoms with Crippen LogP contribution in [0.25, 0.3) is 0 Å². The van der Waals surface area contributed by atoms with Gasteiger partial charge in [0.25, 0.3) is 0 Å². The molecule has 0 spiro atoms. The summed E-state index contributed by atoms with van der Waals surface area (Å²) >= 11 is 0. The number of nitrogens with one attached hydrogen (secondary N) is 1. The lowest BCUT2D eigenvalue weighted by Gasteiger charge is -2.22. The summed E-state index contributed by atoms with van der Waals surface area (Å²) in [5.41, 5.74) is 1.74. The molecule has 2 aromatic rings. The maximum absolute atomic E-state index is 12.9. The molecule has 1 aliphatic heterocycles. The number of aliphatic hydroxyl groups excluding tert-OH is 1. The monoisotopic (exact) mass is 317 g/mol. The molecule has 5 heteroatoms. The molecule has 0 saturated carbocycles. The number of halogens is 1. The van der Waals surface area contributed by atoms with Crippen LogP contribution < -0.4 is 14.8 Å². The Balaban J connectivity index is 1.60. The Morgan fingerprint density at radius 3 is 2.43 bits per heavy atom. The normalized spacial score (nSPS) is 16.0. The Morgan fingerprint density at radius 2 is 1.70 bits per heavy atom. The summed E-state index contributed by atoms with van der Waals surface area (Å²) in [5.74, 6) is 1.21. The molecule has 0 amide bonds. The van der Waals surface area contributed by atoms with Crippen LogP contribution in [-0.2, 0) is 0 Å². The zero-order chi connectivity index (χ0) is 16.2. The Bertz CT molecular complexity index is 660. The van der Waals surface area contributed by atoms with E-state index in [0.29, 0.717) is 25.3 Å². The standard InChI is InChI=1S/C18H20FNO3/c1-12(14-4-7-17-18(10-14)23-9-8-22-17)20-11-16(21)13-2-5-15(19)6-3-13/h2-7,10,12,16,20-21H,8-9,11H2,1H3. The molecule has 0 radical (unpaired) electrons. The molecule has 0 saturated heterocycles. The van der Waals surface area contributed by atoms with Gasteiger partial charge in [-0.1, -0.05) is 18.2 Å². The summed E-state index contributed by atoms with van der Waals surface area (Å²) in [6.45, 7) is 3.52. The fraction of sp³-hybridized carbons (Fsp3) is 0.333. The zero-order valence-corrected chi connectivity index (χ0v) is 13.0. The number of hydrogen-bond acceptors (Lipinski definition) is 4. The zero-order valence-electron chi connectivity index (χ0n) is 13.0. The smallest absolute Gasteiger partial charge is 0.161 e. The first-order valence-electron chi connectivity index (χ1n) is 7.70. The molecular formula is C18H20FNO3. The molecule has 0 aromatic heterocycles. The Morgan fingerprint density at radius 1 is 1.04 bits per heavy atom. The van der Waals surface area contributed by atoms with E-state index in [9.17, 15) is 9.50 Å². The average Bonchev–Trinajstić information content (AvgIpc) is 2.59. The summed E-state index contributed by atoms with van der Waals surface area (Å²) in [6, 6.07) is 11.8. The number of aliphatic hydroxyl groups is 1. The van der Waals surface area contributed by atoms with Gasteiger partial charge in [0.2, 0.25) is 0 Å². The molecule has 0 aliphatic carbocycles. The van der Waals surface area contributed by atoms with Gasteiger partial charge in [0.1, 0.15) is 19.0 Å². The van der Waals surface area contributed by atoms with Crippen LogP contribution in [0.3, 0.4) is 0 Å². The van der Waals surface area contributed by atoms with Crippen molar-refractivity contribution >= 4 is 0 Å². The van der Waals surface area contributed by atoms with Crippen molar-refractivity contribution in [1.82, 2.24) is 5.32 Å². The van der Waals surface area contributed by atoms with Crippen LogP contribution in [0.15, 0.2) is 42.5 Å². The summed E-state index contributed by atoms with van der Waals surface area (Å²) in [7, 11) is 0. The van der Waals surface area contributed by atoms with E-state index in [-0.39, 0.29) is 11.9 Å². The van der Waals surface area contributed by atoms with Gasteiger partial charge in [-0.3, -0.25) is 0 Å². The lowest BCUT2D eigenvalue weighted by molar-refractivity contribution is 0.168. The van der Waals surface area contributed by atoms with Gasteiger partial charge in [-0.25, -0.2) is 4.39 Å². The van der Waals surface area contributed by atoms with Crippen molar-refractivity contribution in [3.63, 3.8) is 0 Å². The first kappa shape index (κ1) is 15.8. The lowest BCUT2D eigenvalue weighted by Crippen LogP contribution is -2.25. The topological polar surface area (TPSA) is 50.7 Å². The van der Waals surface area contributed by atoms with Gasteiger partial charge < -0.3 is 19.9 Å². The van der Waals surface area contributed by atoms with Crippen LogP contribution in [0.1, 0.15) is 30.2 Å². The Hall–Kier alpha value is -2.11. The molecule has 2 unspecified atom stereocenters.